The van der Waals surface area contributed by atoms with E-state index in [1.807, 2.05) is 0 Å². The second-order valence-electron chi connectivity index (χ2n) is 8.71. The Bertz CT molecular complexity index is 783. The van der Waals surface area contributed by atoms with E-state index in [4.69, 9.17) is 0 Å². The van der Waals surface area contributed by atoms with E-state index < -0.39 is 0 Å². The van der Waals surface area contributed by atoms with Gasteiger partial charge < -0.3 is 5.32 Å². The molecule has 0 saturated heterocycles. The molecule has 0 aliphatic heterocycles. The summed E-state index contributed by atoms with van der Waals surface area (Å²) in [6.45, 7) is 8.63. The Balaban J connectivity index is 1.55. The predicted molar refractivity (Wildman–Crippen MR) is 121 cm³/mol. The summed E-state index contributed by atoms with van der Waals surface area (Å²) in [6, 6.07) is 6.28. The first kappa shape index (κ1) is 21.9. The number of carbonyl (C=O) groups excluding carboxylic acids is 1. The van der Waals surface area contributed by atoms with Gasteiger partial charge in [-0.25, -0.2) is 4.98 Å². The van der Waals surface area contributed by atoms with Gasteiger partial charge in [-0.15, -0.1) is 5.10 Å². The maximum atomic E-state index is 12.6. The number of H-pyrrole nitrogens is 1. The van der Waals surface area contributed by atoms with Crippen LogP contribution in [0.25, 0.3) is 0 Å². The summed E-state index contributed by atoms with van der Waals surface area (Å²) in [5.41, 5.74) is 3.33. The summed E-state index contributed by atoms with van der Waals surface area (Å²) < 4.78 is 0. The average Bonchev–Trinajstić information content (AvgIpc) is 3.36. The maximum Gasteiger partial charge on any atom is 0.234 e. The number of nitrogens with one attached hydrogen (secondary N) is 2. The van der Waals surface area contributed by atoms with E-state index >= 15 is 0 Å². The van der Waals surface area contributed by atoms with Crippen molar-refractivity contribution in [3.05, 3.63) is 35.2 Å². The second-order valence-corrected chi connectivity index (χ2v) is 9.65. The average molecular weight is 415 g/mol. The third-order valence-electron chi connectivity index (χ3n) is 5.75. The highest BCUT2D eigenvalue weighted by molar-refractivity contribution is 7.99. The van der Waals surface area contributed by atoms with Crippen LogP contribution in [-0.4, -0.2) is 26.8 Å². The minimum atomic E-state index is -0.0118. The molecular formula is C23H34N4OS. The van der Waals surface area contributed by atoms with E-state index in [0.717, 1.165) is 23.9 Å². The number of hydrogen-bond donors (Lipinski definition) is 2. The van der Waals surface area contributed by atoms with E-state index in [1.54, 1.807) is 0 Å². The summed E-state index contributed by atoms with van der Waals surface area (Å²) in [7, 11) is 0. The number of hydrogen-bond acceptors (Lipinski definition) is 4. The van der Waals surface area contributed by atoms with Gasteiger partial charge in [0.05, 0.1) is 5.75 Å². The number of thioether (sulfide) groups is 1. The number of benzene rings is 1. The molecule has 1 fully saturated rings. The van der Waals surface area contributed by atoms with Crippen molar-refractivity contribution in [1.29, 1.82) is 0 Å². The van der Waals surface area contributed by atoms with Gasteiger partial charge in [-0.1, -0.05) is 83.3 Å². The van der Waals surface area contributed by atoms with Crippen molar-refractivity contribution in [1.82, 2.24) is 15.2 Å². The lowest BCUT2D eigenvalue weighted by molar-refractivity contribution is -0.113. The standard InChI is InChI=1S/C23H34N4OS/c1-15(2)18-10-7-11-19(16(3)4)22(18)25-21(28)14-29-23-24-20(26-27-23)13-12-17-8-5-6-9-17/h7,10-11,15-17H,5-6,8-9,12-14H2,1-4H3,(H,25,28)(H,24,26,27). The molecule has 1 aliphatic carbocycles. The number of aryl methyl sites for hydroxylation is 1. The van der Waals surface area contributed by atoms with E-state index in [0.29, 0.717) is 22.7 Å². The molecule has 158 valence electrons. The third-order valence-corrected chi connectivity index (χ3v) is 6.59. The smallest absolute Gasteiger partial charge is 0.234 e. The summed E-state index contributed by atoms with van der Waals surface area (Å²) in [5, 5.41) is 11.1. The van der Waals surface area contributed by atoms with Crippen molar-refractivity contribution in [3.63, 3.8) is 0 Å². The molecule has 5 nitrogen and oxygen atoms in total. The molecule has 1 amide bonds. The Kier molecular flexibility index (Phi) is 7.76. The largest absolute Gasteiger partial charge is 0.325 e. The van der Waals surface area contributed by atoms with E-state index in [1.165, 1.54) is 55.0 Å². The fourth-order valence-electron chi connectivity index (χ4n) is 4.10. The fraction of sp³-hybridized carbons (Fsp3) is 0.609. The SMILES string of the molecule is CC(C)c1cccc(C(C)C)c1NC(=O)CSc1n[nH]c(CCC2CCCC2)n1. The molecule has 2 aromatic rings. The lowest BCUT2D eigenvalue weighted by Crippen LogP contribution is -2.17. The van der Waals surface area contributed by atoms with Crippen LogP contribution in [0, 0.1) is 5.92 Å². The van der Waals surface area contributed by atoms with Crippen LogP contribution in [0.2, 0.25) is 0 Å². The summed E-state index contributed by atoms with van der Waals surface area (Å²) in [6.07, 6.45) is 7.58. The van der Waals surface area contributed by atoms with Gasteiger partial charge in [0.15, 0.2) is 0 Å². The molecular weight excluding hydrogens is 380 g/mol. The number of nitrogens with zero attached hydrogens (tertiary/aromatic N) is 2. The highest BCUT2D eigenvalue weighted by Gasteiger charge is 2.18. The lowest BCUT2D eigenvalue weighted by atomic mass is 9.92. The lowest BCUT2D eigenvalue weighted by Gasteiger charge is -2.20. The molecule has 1 aromatic carbocycles. The van der Waals surface area contributed by atoms with Crippen molar-refractivity contribution in [3.8, 4) is 0 Å². The summed E-state index contributed by atoms with van der Waals surface area (Å²) in [5.74, 6) is 2.79. The number of anilines is 1. The number of rotatable bonds is 9. The quantitative estimate of drug-likeness (QED) is 0.501. The molecule has 1 saturated carbocycles. The van der Waals surface area contributed by atoms with Crippen LogP contribution in [0.5, 0.6) is 0 Å². The van der Waals surface area contributed by atoms with Crippen LogP contribution in [0.4, 0.5) is 5.69 Å². The Morgan fingerprint density at radius 3 is 2.45 bits per heavy atom. The normalized spacial score (nSPS) is 14.8. The van der Waals surface area contributed by atoms with Crippen molar-refractivity contribution in [2.45, 2.75) is 83.2 Å². The molecule has 0 radical (unpaired) electrons. The molecule has 1 heterocycles. The first-order chi connectivity index (χ1) is 13.9. The molecule has 0 bridgehead atoms. The van der Waals surface area contributed by atoms with Gasteiger partial charge in [0.2, 0.25) is 11.1 Å². The Morgan fingerprint density at radius 2 is 1.83 bits per heavy atom. The first-order valence-electron chi connectivity index (χ1n) is 10.9. The van der Waals surface area contributed by atoms with Gasteiger partial charge in [-0.3, -0.25) is 9.89 Å². The van der Waals surface area contributed by atoms with Gasteiger partial charge >= 0.3 is 0 Å². The molecule has 2 N–H and O–H groups in total. The van der Waals surface area contributed by atoms with Crippen LogP contribution in [0.3, 0.4) is 0 Å². The number of aromatic nitrogens is 3. The summed E-state index contributed by atoms with van der Waals surface area (Å²) >= 11 is 1.39. The van der Waals surface area contributed by atoms with Gasteiger partial charge in [0.25, 0.3) is 0 Å². The molecule has 1 aromatic heterocycles. The highest BCUT2D eigenvalue weighted by Crippen LogP contribution is 2.32. The zero-order chi connectivity index (χ0) is 20.8. The molecule has 1 aliphatic rings. The highest BCUT2D eigenvalue weighted by atomic mass is 32.2. The first-order valence-corrected chi connectivity index (χ1v) is 11.9. The topological polar surface area (TPSA) is 70.7 Å². The van der Waals surface area contributed by atoms with Crippen molar-refractivity contribution < 1.29 is 4.79 Å². The Morgan fingerprint density at radius 1 is 1.17 bits per heavy atom. The monoisotopic (exact) mass is 414 g/mol. The Hall–Kier alpha value is -1.82. The van der Waals surface area contributed by atoms with Crippen molar-refractivity contribution in [2.24, 2.45) is 5.92 Å². The number of amides is 1. The molecule has 3 rings (SSSR count). The molecule has 29 heavy (non-hydrogen) atoms. The number of carbonyl (C=O) groups is 1. The zero-order valence-corrected chi connectivity index (χ0v) is 18.9. The van der Waals surface area contributed by atoms with Crippen LogP contribution in [0.1, 0.15) is 88.6 Å². The fourth-order valence-corrected chi connectivity index (χ4v) is 4.71. The molecule has 6 heteroatoms. The van der Waals surface area contributed by atoms with Crippen LogP contribution in [-0.2, 0) is 11.2 Å². The number of para-hydroxylation sites is 1. The van der Waals surface area contributed by atoms with Crippen LogP contribution in [0.15, 0.2) is 23.4 Å². The van der Waals surface area contributed by atoms with Crippen LogP contribution >= 0.6 is 11.8 Å². The second kappa shape index (κ2) is 10.3. The van der Waals surface area contributed by atoms with Crippen molar-refractivity contribution >= 4 is 23.4 Å². The number of aromatic amines is 1. The van der Waals surface area contributed by atoms with Gasteiger partial charge in [-0.05, 0) is 35.3 Å². The molecule has 0 unspecified atom stereocenters. The molecule has 0 atom stereocenters. The van der Waals surface area contributed by atoms with E-state index in [-0.39, 0.29) is 5.91 Å². The Labute approximate surface area is 178 Å². The maximum absolute atomic E-state index is 12.6. The predicted octanol–water partition coefficient (Wildman–Crippen LogP) is 5.91. The van der Waals surface area contributed by atoms with Gasteiger partial charge in [-0.2, -0.15) is 0 Å². The van der Waals surface area contributed by atoms with E-state index in [2.05, 4.69) is 66.4 Å². The van der Waals surface area contributed by atoms with Gasteiger partial charge in [0, 0.05) is 12.1 Å². The zero-order valence-electron chi connectivity index (χ0n) is 18.1. The minimum Gasteiger partial charge on any atom is -0.325 e. The van der Waals surface area contributed by atoms with Crippen molar-refractivity contribution in [2.75, 3.05) is 11.1 Å². The third kappa shape index (κ3) is 6.08. The van der Waals surface area contributed by atoms with Crippen LogP contribution < -0.4 is 5.32 Å². The summed E-state index contributed by atoms with van der Waals surface area (Å²) in [4.78, 5) is 17.2. The van der Waals surface area contributed by atoms with E-state index in [9.17, 15) is 4.79 Å². The minimum absolute atomic E-state index is 0.0118. The van der Waals surface area contributed by atoms with Gasteiger partial charge in [0.1, 0.15) is 5.82 Å². The molecule has 0 spiro atoms.